The monoisotopic (exact) mass is 559 g/mol. The average molecular weight is 560 g/mol. The number of anilines is 2. The number of fused-ring (bicyclic) bond motifs is 1. The van der Waals surface area contributed by atoms with Gasteiger partial charge in [-0.15, -0.1) is 0 Å². The van der Waals surface area contributed by atoms with Crippen molar-refractivity contribution in [2.75, 3.05) is 25.0 Å². The fraction of sp³-hybridized carbons (Fsp3) is 0.406. The number of carbonyl (C=O) groups excluding carboxylic acids is 1. The first kappa shape index (κ1) is 28.1. The summed E-state index contributed by atoms with van der Waals surface area (Å²) >= 11 is 6.46. The Kier molecular flexibility index (Phi) is 8.15. The van der Waals surface area contributed by atoms with E-state index in [-0.39, 0.29) is 17.1 Å². The van der Waals surface area contributed by atoms with Gasteiger partial charge in [-0.2, -0.15) is 0 Å². The van der Waals surface area contributed by atoms with Gasteiger partial charge < -0.3 is 19.5 Å². The van der Waals surface area contributed by atoms with E-state index in [1.54, 1.807) is 6.20 Å². The van der Waals surface area contributed by atoms with Gasteiger partial charge in [-0.3, -0.25) is 9.78 Å². The van der Waals surface area contributed by atoms with Crippen LogP contribution in [0.3, 0.4) is 0 Å². The smallest absolute Gasteiger partial charge is 0.208 e. The number of piperidine rings is 1. The number of aromatic nitrogens is 3. The SMILES string of the molecule is CCN1CCC(C(=O)Cc2cc(Oc3ccc4c(c3)nc(Nc3ccc(Cl)c(C(C)(C)C)c3)n4C)ccn2)CC1. The molecule has 0 atom stereocenters. The minimum absolute atomic E-state index is 0.0695. The van der Waals surface area contributed by atoms with Crippen molar-refractivity contribution in [2.45, 2.75) is 52.4 Å². The van der Waals surface area contributed by atoms with Crippen LogP contribution in [0.15, 0.2) is 54.7 Å². The molecule has 1 N–H and O–H groups in total. The average Bonchev–Trinajstić information content (AvgIpc) is 3.23. The number of benzene rings is 2. The Bertz CT molecular complexity index is 1520. The van der Waals surface area contributed by atoms with E-state index < -0.39 is 0 Å². The van der Waals surface area contributed by atoms with Gasteiger partial charge in [-0.25, -0.2) is 4.98 Å². The van der Waals surface area contributed by atoms with Crippen molar-refractivity contribution in [1.29, 1.82) is 0 Å². The van der Waals surface area contributed by atoms with Crippen LogP contribution in [-0.2, 0) is 23.7 Å². The van der Waals surface area contributed by atoms with Crippen LogP contribution in [0.1, 0.15) is 51.8 Å². The second-order valence-corrected chi connectivity index (χ2v) is 12.1. The summed E-state index contributed by atoms with van der Waals surface area (Å²) in [6.07, 6.45) is 3.90. The molecule has 0 saturated carbocycles. The molecule has 0 spiro atoms. The summed E-state index contributed by atoms with van der Waals surface area (Å²) in [6.45, 7) is 11.6. The number of rotatable bonds is 8. The maximum Gasteiger partial charge on any atom is 0.208 e. The molecule has 40 heavy (non-hydrogen) atoms. The third-order valence-corrected chi connectivity index (χ3v) is 8.08. The number of hydrogen-bond acceptors (Lipinski definition) is 6. The van der Waals surface area contributed by atoms with Crippen LogP contribution in [0.4, 0.5) is 11.6 Å². The molecule has 3 heterocycles. The fourth-order valence-electron chi connectivity index (χ4n) is 5.31. The Morgan fingerprint density at radius 1 is 1.07 bits per heavy atom. The molecule has 4 aromatic rings. The Hall–Kier alpha value is -3.42. The number of pyridine rings is 1. The van der Waals surface area contributed by atoms with Crippen molar-refractivity contribution < 1.29 is 9.53 Å². The lowest BCUT2D eigenvalue weighted by molar-refractivity contribution is -0.123. The molecule has 0 amide bonds. The lowest BCUT2D eigenvalue weighted by Crippen LogP contribution is -2.36. The summed E-state index contributed by atoms with van der Waals surface area (Å²) in [4.78, 5) is 24.6. The molecule has 1 saturated heterocycles. The maximum absolute atomic E-state index is 12.9. The lowest BCUT2D eigenvalue weighted by atomic mass is 9.87. The third-order valence-electron chi connectivity index (χ3n) is 7.75. The highest BCUT2D eigenvalue weighted by Gasteiger charge is 2.24. The van der Waals surface area contributed by atoms with Gasteiger partial charge in [-0.1, -0.05) is 39.3 Å². The van der Waals surface area contributed by atoms with E-state index in [1.807, 2.05) is 54.1 Å². The van der Waals surface area contributed by atoms with E-state index in [9.17, 15) is 4.79 Å². The standard InChI is InChI=1S/C32H38ClN5O2/c1-6-38-15-12-21(13-16-38)30(39)19-23-17-25(11-14-34-23)40-24-8-10-29-28(20-24)36-31(37(29)5)35-22-7-9-27(33)26(18-22)32(2,3)4/h7-11,14,17-18,20-21H,6,12-13,15-16,19H2,1-5H3,(H,35,36). The highest BCUT2D eigenvalue weighted by atomic mass is 35.5. The van der Waals surface area contributed by atoms with E-state index >= 15 is 0 Å². The van der Waals surface area contributed by atoms with Crippen molar-refractivity contribution in [1.82, 2.24) is 19.4 Å². The zero-order valence-electron chi connectivity index (χ0n) is 24.0. The molecule has 7 nitrogen and oxygen atoms in total. The predicted octanol–water partition coefficient (Wildman–Crippen LogP) is 7.30. The van der Waals surface area contributed by atoms with Gasteiger partial charge >= 0.3 is 0 Å². The molecule has 0 aliphatic carbocycles. The number of nitrogens with zero attached hydrogens (tertiary/aromatic N) is 4. The molecular weight excluding hydrogens is 522 g/mol. The van der Waals surface area contributed by atoms with Crippen LogP contribution < -0.4 is 10.1 Å². The molecule has 1 aliphatic rings. The van der Waals surface area contributed by atoms with Crippen molar-refractivity contribution >= 4 is 40.1 Å². The zero-order chi connectivity index (χ0) is 28.4. The number of nitrogens with one attached hydrogen (secondary N) is 1. The second kappa shape index (κ2) is 11.6. The number of imidazole rings is 1. The van der Waals surface area contributed by atoms with Gasteiger partial charge in [0.1, 0.15) is 17.3 Å². The molecule has 0 unspecified atom stereocenters. The molecule has 0 radical (unpaired) electrons. The molecule has 210 valence electrons. The summed E-state index contributed by atoms with van der Waals surface area (Å²) in [5.74, 6) is 2.45. The fourth-order valence-corrected chi connectivity index (χ4v) is 5.71. The lowest BCUT2D eigenvalue weighted by Gasteiger charge is -2.30. The Morgan fingerprint density at radius 2 is 1.82 bits per heavy atom. The summed E-state index contributed by atoms with van der Waals surface area (Å²) in [5, 5.41) is 4.19. The van der Waals surface area contributed by atoms with Crippen LogP contribution >= 0.6 is 11.6 Å². The van der Waals surface area contributed by atoms with Gasteiger partial charge in [-0.05, 0) is 79.9 Å². The van der Waals surface area contributed by atoms with Crippen LogP contribution in [0, 0.1) is 5.92 Å². The van der Waals surface area contributed by atoms with E-state index in [1.165, 1.54) is 0 Å². The summed E-state index contributed by atoms with van der Waals surface area (Å²) in [5.41, 5.74) is 4.47. The number of carbonyl (C=O) groups is 1. The predicted molar refractivity (Wildman–Crippen MR) is 162 cm³/mol. The summed E-state index contributed by atoms with van der Waals surface area (Å²) in [7, 11) is 1.98. The van der Waals surface area contributed by atoms with E-state index in [0.717, 1.165) is 71.4 Å². The number of Topliss-reactive ketones (excluding diaryl/α,β-unsaturated/α-hetero) is 1. The number of likely N-dealkylation sites (tertiary alicyclic amines) is 1. The Balaban J connectivity index is 1.28. The van der Waals surface area contributed by atoms with Gasteiger partial charge in [0.25, 0.3) is 0 Å². The van der Waals surface area contributed by atoms with Gasteiger partial charge in [0.05, 0.1) is 16.7 Å². The van der Waals surface area contributed by atoms with Crippen molar-refractivity contribution in [2.24, 2.45) is 13.0 Å². The normalized spacial score (nSPS) is 14.9. The van der Waals surface area contributed by atoms with Crippen LogP contribution in [0.5, 0.6) is 11.5 Å². The van der Waals surface area contributed by atoms with Crippen molar-refractivity contribution in [3.05, 3.63) is 71.0 Å². The second-order valence-electron chi connectivity index (χ2n) is 11.7. The van der Waals surface area contributed by atoms with E-state index in [0.29, 0.717) is 17.9 Å². The number of ketones is 1. The minimum atomic E-state index is -0.0695. The quantitative estimate of drug-likeness (QED) is 0.244. The molecule has 2 aromatic heterocycles. The van der Waals surface area contributed by atoms with Crippen molar-refractivity contribution in [3.63, 3.8) is 0 Å². The molecule has 2 aromatic carbocycles. The molecule has 5 rings (SSSR count). The number of halogens is 1. The Labute approximate surface area is 241 Å². The minimum Gasteiger partial charge on any atom is -0.457 e. The third kappa shape index (κ3) is 6.31. The number of hydrogen-bond donors (Lipinski definition) is 1. The van der Waals surface area contributed by atoms with Crippen LogP contribution in [-0.4, -0.2) is 44.9 Å². The van der Waals surface area contributed by atoms with E-state index in [2.05, 4.69) is 49.0 Å². The molecule has 1 fully saturated rings. The first-order valence-electron chi connectivity index (χ1n) is 14.0. The summed E-state index contributed by atoms with van der Waals surface area (Å²) < 4.78 is 8.19. The van der Waals surface area contributed by atoms with Gasteiger partial charge in [0, 0.05) is 48.4 Å². The first-order valence-corrected chi connectivity index (χ1v) is 14.4. The molecule has 0 bridgehead atoms. The topological polar surface area (TPSA) is 72.3 Å². The van der Waals surface area contributed by atoms with Gasteiger partial charge in [0.2, 0.25) is 5.95 Å². The zero-order valence-corrected chi connectivity index (χ0v) is 24.8. The largest absolute Gasteiger partial charge is 0.457 e. The molecular formula is C32H38ClN5O2. The van der Waals surface area contributed by atoms with Crippen LogP contribution in [0.2, 0.25) is 5.02 Å². The number of ether oxygens (including phenoxy) is 1. The Morgan fingerprint density at radius 3 is 2.55 bits per heavy atom. The van der Waals surface area contributed by atoms with Crippen molar-refractivity contribution in [3.8, 4) is 11.5 Å². The molecule has 8 heteroatoms. The highest BCUT2D eigenvalue weighted by molar-refractivity contribution is 6.31. The summed E-state index contributed by atoms with van der Waals surface area (Å²) in [6, 6.07) is 15.5. The molecule has 1 aliphatic heterocycles. The first-order chi connectivity index (χ1) is 19.1. The highest BCUT2D eigenvalue weighted by Crippen LogP contribution is 2.33. The van der Waals surface area contributed by atoms with Crippen LogP contribution in [0.25, 0.3) is 11.0 Å². The van der Waals surface area contributed by atoms with Gasteiger partial charge in [0.15, 0.2) is 0 Å². The van der Waals surface area contributed by atoms with E-state index in [4.69, 9.17) is 21.3 Å². The number of aryl methyl sites for hydroxylation is 1. The maximum atomic E-state index is 12.9.